The largest absolute Gasteiger partial charge is 0.506 e. The van der Waals surface area contributed by atoms with E-state index < -0.39 is 11.8 Å². The number of benzene rings is 2. The zero-order valence-corrected chi connectivity index (χ0v) is 18.9. The number of hydrogen-bond donors (Lipinski definition) is 3. The van der Waals surface area contributed by atoms with Crippen LogP contribution in [-0.4, -0.2) is 53.1 Å². The summed E-state index contributed by atoms with van der Waals surface area (Å²) in [4.78, 5) is 14.4. The van der Waals surface area contributed by atoms with Gasteiger partial charge >= 0.3 is 6.03 Å². The standard InChI is InChI=1S/C21H23BrFN5O3/c1-27(2)8-9-31-19-7-5-14(11-15(19)20-16(22)12-24-28(20)3)25-21(30)26-17-6-4-13(23)10-18(17)29/h4-7,10-12,29H,8-9H2,1-3H3,(H2,25,26,30). The number of nitrogens with one attached hydrogen (secondary N) is 2. The smallest absolute Gasteiger partial charge is 0.323 e. The van der Waals surface area contributed by atoms with Crippen molar-refractivity contribution in [1.29, 1.82) is 0 Å². The molecular weight excluding hydrogens is 469 g/mol. The molecule has 2 amide bonds. The van der Waals surface area contributed by atoms with Gasteiger partial charge in [0.05, 0.1) is 22.1 Å². The van der Waals surface area contributed by atoms with Crippen molar-refractivity contribution in [3.05, 3.63) is 52.9 Å². The lowest BCUT2D eigenvalue weighted by molar-refractivity contribution is 0.261. The van der Waals surface area contributed by atoms with E-state index in [1.807, 2.05) is 26.0 Å². The zero-order valence-electron chi connectivity index (χ0n) is 17.3. The Balaban J connectivity index is 1.84. The van der Waals surface area contributed by atoms with Crippen molar-refractivity contribution < 1.29 is 19.0 Å². The molecule has 164 valence electrons. The summed E-state index contributed by atoms with van der Waals surface area (Å²) >= 11 is 3.51. The summed E-state index contributed by atoms with van der Waals surface area (Å²) < 4.78 is 21.6. The number of phenols is 1. The van der Waals surface area contributed by atoms with Crippen molar-refractivity contribution >= 4 is 33.3 Å². The summed E-state index contributed by atoms with van der Waals surface area (Å²) in [6.45, 7) is 1.24. The lowest BCUT2D eigenvalue weighted by Gasteiger charge is -2.16. The topological polar surface area (TPSA) is 91.7 Å². The van der Waals surface area contributed by atoms with Crippen molar-refractivity contribution in [3.63, 3.8) is 0 Å². The molecule has 2 aromatic carbocycles. The number of phenolic OH excluding ortho intramolecular Hbond substituents is 1. The minimum Gasteiger partial charge on any atom is -0.506 e. The van der Waals surface area contributed by atoms with Gasteiger partial charge in [-0.15, -0.1) is 0 Å². The van der Waals surface area contributed by atoms with Gasteiger partial charge in [-0.05, 0) is 60.4 Å². The first kappa shape index (κ1) is 22.6. The van der Waals surface area contributed by atoms with Crippen molar-refractivity contribution in [1.82, 2.24) is 14.7 Å². The van der Waals surface area contributed by atoms with Gasteiger partial charge in [-0.25, -0.2) is 9.18 Å². The van der Waals surface area contributed by atoms with E-state index in [4.69, 9.17) is 4.74 Å². The number of rotatable bonds is 7. The highest BCUT2D eigenvalue weighted by Gasteiger charge is 2.16. The van der Waals surface area contributed by atoms with Crippen LogP contribution in [0.1, 0.15) is 0 Å². The van der Waals surface area contributed by atoms with Gasteiger partial charge < -0.3 is 25.4 Å². The second-order valence-corrected chi connectivity index (χ2v) is 7.92. The van der Waals surface area contributed by atoms with Gasteiger partial charge in [0.25, 0.3) is 0 Å². The number of ether oxygens (including phenoxy) is 1. The fourth-order valence-electron chi connectivity index (χ4n) is 2.87. The van der Waals surface area contributed by atoms with Gasteiger partial charge in [-0.2, -0.15) is 5.10 Å². The van der Waals surface area contributed by atoms with E-state index in [2.05, 4.69) is 31.7 Å². The number of anilines is 2. The normalized spacial score (nSPS) is 10.9. The van der Waals surface area contributed by atoms with E-state index >= 15 is 0 Å². The fraction of sp³-hybridized carbons (Fsp3) is 0.238. The molecule has 0 unspecified atom stereocenters. The summed E-state index contributed by atoms with van der Waals surface area (Å²) in [5, 5.41) is 19.2. The van der Waals surface area contributed by atoms with Gasteiger partial charge in [-0.1, -0.05) is 0 Å². The highest BCUT2D eigenvalue weighted by atomic mass is 79.9. The van der Waals surface area contributed by atoms with Gasteiger partial charge in [0.1, 0.15) is 23.9 Å². The number of carbonyl (C=O) groups is 1. The van der Waals surface area contributed by atoms with Crippen molar-refractivity contribution in [2.45, 2.75) is 0 Å². The lowest BCUT2D eigenvalue weighted by atomic mass is 10.1. The number of carbonyl (C=O) groups excluding carboxylic acids is 1. The minimum atomic E-state index is -0.597. The number of aromatic hydroxyl groups is 1. The Hall–Kier alpha value is -3.11. The minimum absolute atomic E-state index is 0.0946. The Morgan fingerprint density at radius 2 is 2.03 bits per heavy atom. The van der Waals surface area contributed by atoms with E-state index in [0.29, 0.717) is 18.0 Å². The monoisotopic (exact) mass is 491 g/mol. The van der Waals surface area contributed by atoms with E-state index in [0.717, 1.165) is 34.4 Å². The predicted molar refractivity (Wildman–Crippen MR) is 121 cm³/mol. The quantitative estimate of drug-likeness (QED) is 0.429. The second kappa shape index (κ2) is 9.80. The molecule has 3 aromatic rings. The first-order chi connectivity index (χ1) is 14.7. The predicted octanol–water partition coefficient (Wildman–Crippen LogP) is 4.28. The van der Waals surface area contributed by atoms with Crippen LogP contribution in [0.15, 0.2) is 47.1 Å². The number of aryl methyl sites for hydroxylation is 1. The molecular formula is C21H23BrFN5O3. The Bertz CT molecular complexity index is 1070. The molecule has 0 saturated carbocycles. The molecule has 1 aromatic heterocycles. The van der Waals surface area contributed by atoms with E-state index in [9.17, 15) is 14.3 Å². The van der Waals surface area contributed by atoms with Crippen molar-refractivity contribution in [2.75, 3.05) is 37.9 Å². The molecule has 0 bridgehead atoms. The summed E-state index contributed by atoms with van der Waals surface area (Å²) in [6.07, 6.45) is 1.68. The van der Waals surface area contributed by atoms with E-state index in [1.165, 1.54) is 6.07 Å². The van der Waals surface area contributed by atoms with Crippen LogP contribution in [0.3, 0.4) is 0 Å². The third-order valence-corrected chi connectivity index (χ3v) is 4.97. The molecule has 0 atom stereocenters. The molecule has 10 heteroatoms. The summed E-state index contributed by atoms with van der Waals surface area (Å²) in [6, 6.07) is 8.03. The molecule has 0 spiro atoms. The average molecular weight is 492 g/mol. The number of hydrogen-bond acceptors (Lipinski definition) is 5. The highest BCUT2D eigenvalue weighted by molar-refractivity contribution is 9.10. The van der Waals surface area contributed by atoms with E-state index in [-0.39, 0.29) is 11.4 Å². The third kappa shape index (κ3) is 5.74. The molecule has 3 N–H and O–H groups in total. The maximum atomic E-state index is 13.1. The van der Waals surface area contributed by atoms with Gasteiger partial charge in [0, 0.05) is 30.9 Å². The Labute approximate surface area is 187 Å². The molecule has 3 rings (SSSR count). The maximum Gasteiger partial charge on any atom is 0.323 e. The summed E-state index contributed by atoms with van der Waals surface area (Å²) in [5.41, 5.74) is 2.13. The Morgan fingerprint density at radius 3 is 2.68 bits per heavy atom. The van der Waals surface area contributed by atoms with Gasteiger partial charge in [0.2, 0.25) is 0 Å². The summed E-state index contributed by atoms with van der Waals surface area (Å²) in [5.74, 6) is -0.313. The number of urea groups is 1. The molecule has 1 heterocycles. The molecule has 0 saturated heterocycles. The Kier molecular flexibility index (Phi) is 7.13. The Morgan fingerprint density at radius 1 is 1.26 bits per heavy atom. The molecule has 0 aliphatic carbocycles. The van der Waals surface area contributed by atoms with Crippen LogP contribution in [0.25, 0.3) is 11.3 Å². The van der Waals surface area contributed by atoms with Crippen LogP contribution in [0.2, 0.25) is 0 Å². The SMILES string of the molecule is CN(C)CCOc1ccc(NC(=O)Nc2ccc(F)cc2O)cc1-c1c(Br)cnn1C. The number of nitrogens with zero attached hydrogens (tertiary/aromatic N) is 3. The number of halogens is 2. The molecule has 8 nitrogen and oxygen atoms in total. The molecule has 0 radical (unpaired) electrons. The van der Waals surface area contributed by atoms with Gasteiger partial charge in [-0.3, -0.25) is 4.68 Å². The van der Waals surface area contributed by atoms with Crippen molar-refractivity contribution in [3.8, 4) is 22.8 Å². The average Bonchev–Trinajstić information content (AvgIpc) is 3.03. The van der Waals surface area contributed by atoms with E-state index in [1.54, 1.807) is 29.1 Å². The molecule has 31 heavy (non-hydrogen) atoms. The third-order valence-electron chi connectivity index (χ3n) is 4.39. The summed E-state index contributed by atoms with van der Waals surface area (Å²) in [7, 11) is 5.74. The first-order valence-corrected chi connectivity index (χ1v) is 10.2. The first-order valence-electron chi connectivity index (χ1n) is 9.40. The number of likely N-dealkylation sites (N-methyl/N-ethyl adjacent to an activating group) is 1. The van der Waals surface area contributed by atoms with Gasteiger partial charge in [0.15, 0.2) is 0 Å². The molecule has 0 fully saturated rings. The fourth-order valence-corrected chi connectivity index (χ4v) is 3.43. The van der Waals surface area contributed by atoms with Crippen LogP contribution in [0.4, 0.5) is 20.6 Å². The number of aromatic nitrogens is 2. The van der Waals surface area contributed by atoms with Crippen molar-refractivity contribution in [2.24, 2.45) is 7.05 Å². The van der Waals surface area contributed by atoms with Crippen LogP contribution in [-0.2, 0) is 7.05 Å². The molecule has 0 aliphatic heterocycles. The molecule has 0 aliphatic rings. The second-order valence-electron chi connectivity index (χ2n) is 7.07. The van der Waals surface area contributed by atoms with Crippen LogP contribution in [0.5, 0.6) is 11.5 Å². The zero-order chi connectivity index (χ0) is 22.5. The van der Waals surface area contributed by atoms with Crippen LogP contribution < -0.4 is 15.4 Å². The van der Waals surface area contributed by atoms with Crippen LogP contribution >= 0.6 is 15.9 Å². The lowest BCUT2D eigenvalue weighted by Crippen LogP contribution is -2.20. The highest BCUT2D eigenvalue weighted by Crippen LogP contribution is 2.36. The van der Waals surface area contributed by atoms with Crippen LogP contribution in [0, 0.1) is 5.82 Å². The number of amides is 2. The maximum absolute atomic E-state index is 13.1.